The van der Waals surface area contributed by atoms with Crippen molar-refractivity contribution < 1.29 is 22.3 Å². The van der Waals surface area contributed by atoms with Crippen LogP contribution in [0, 0.1) is 5.82 Å². The van der Waals surface area contributed by atoms with E-state index >= 15 is 0 Å². The molecule has 0 fully saturated rings. The smallest absolute Gasteiger partial charge is 0.243 e. The first-order chi connectivity index (χ1) is 9.97. The summed E-state index contributed by atoms with van der Waals surface area (Å²) in [6, 6.07) is 5.69. The highest BCUT2D eigenvalue weighted by atomic mass is 32.2. The first-order valence-corrected chi connectivity index (χ1v) is 8.28. The Balaban J connectivity index is 2.31. The molecule has 0 aliphatic heterocycles. The standard InChI is InChI=1S/C13H14FNO4S2/c1-18-11-6-10(14)13(7-12(11)19-2)21(16,17)15-8-9-4-3-5-20-9/h3-7,15H,8H2,1-2H3. The molecule has 0 unspecified atom stereocenters. The summed E-state index contributed by atoms with van der Waals surface area (Å²) in [7, 11) is -1.28. The van der Waals surface area contributed by atoms with Crippen molar-refractivity contribution in [3.05, 3.63) is 40.3 Å². The van der Waals surface area contributed by atoms with Crippen LogP contribution < -0.4 is 14.2 Å². The van der Waals surface area contributed by atoms with E-state index in [0.717, 1.165) is 17.0 Å². The van der Waals surface area contributed by atoms with Crippen molar-refractivity contribution >= 4 is 21.4 Å². The molecular weight excluding hydrogens is 317 g/mol. The average Bonchev–Trinajstić information content (AvgIpc) is 2.98. The van der Waals surface area contributed by atoms with Crippen LogP contribution in [0.15, 0.2) is 34.5 Å². The van der Waals surface area contributed by atoms with Crippen molar-refractivity contribution in [1.82, 2.24) is 4.72 Å². The Hall–Kier alpha value is -1.64. The van der Waals surface area contributed by atoms with Crippen molar-refractivity contribution in [2.75, 3.05) is 14.2 Å². The van der Waals surface area contributed by atoms with Crippen LogP contribution in [0.1, 0.15) is 4.88 Å². The summed E-state index contributed by atoms with van der Waals surface area (Å²) in [6.45, 7) is 0.105. The first kappa shape index (κ1) is 15.7. The summed E-state index contributed by atoms with van der Waals surface area (Å²) >= 11 is 1.41. The van der Waals surface area contributed by atoms with Gasteiger partial charge in [0.1, 0.15) is 10.7 Å². The molecule has 0 radical (unpaired) electrons. The molecule has 8 heteroatoms. The van der Waals surface area contributed by atoms with E-state index in [1.54, 1.807) is 6.07 Å². The van der Waals surface area contributed by atoms with Gasteiger partial charge in [-0.05, 0) is 11.4 Å². The molecule has 2 aromatic rings. The fraction of sp³-hybridized carbons (Fsp3) is 0.231. The quantitative estimate of drug-likeness (QED) is 0.883. The molecule has 21 heavy (non-hydrogen) atoms. The predicted octanol–water partition coefficient (Wildman–Crippen LogP) is 2.38. The molecule has 2 rings (SSSR count). The molecule has 0 spiro atoms. The maximum atomic E-state index is 14.0. The van der Waals surface area contributed by atoms with Crippen LogP contribution in [-0.4, -0.2) is 22.6 Å². The topological polar surface area (TPSA) is 64.6 Å². The highest BCUT2D eigenvalue weighted by Crippen LogP contribution is 2.31. The average molecular weight is 331 g/mol. The summed E-state index contributed by atoms with van der Waals surface area (Å²) < 4.78 is 50.6. The third-order valence-electron chi connectivity index (χ3n) is 2.74. The second-order valence-corrected chi connectivity index (χ2v) is 6.81. The Morgan fingerprint density at radius 3 is 2.48 bits per heavy atom. The number of halogens is 1. The lowest BCUT2D eigenvalue weighted by atomic mass is 10.3. The van der Waals surface area contributed by atoms with Gasteiger partial charge in [-0.1, -0.05) is 6.07 Å². The van der Waals surface area contributed by atoms with Gasteiger partial charge >= 0.3 is 0 Å². The monoisotopic (exact) mass is 331 g/mol. The van der Waals surface area contributed by atoms with E-state index in [4.69, 9.17) is 9.47 Å². The van der Waals surface area contributed by atoms with Gasteiger partial charge < -0.3 is 9.47 Å². The molecule has 0 bridgehead atoms. The van der Waals surface area contributed by atoms with Gasteiger partial charge in [-0.25, -0.2) is 17.5 Å². The number of thiophene rings is 1. The van der Waals surface area contributed by atoms with Crippen molar-refractivity contribution in [2.24, 2.45) is 0 Å². The van der Waals surface area contributed by atoms with E-state index in [9.17, 15) is 12.8 Å². The summed E-state index contributed by atoms with van der Waals surface area (Å²) in [5.41, 5.74) is 0. The molecule has 1 aromatic carbocycles. The molecule has 0 amide bonds. The number of hydrogen-bond donors (Lipinski definition) is 1. The second-order valence-electron chi connectivity index (χ2n) is 4.04. The van der Waals surface area contributed by atoms with Gasteiger partial charge in [-0.15, -0.1) is 11.3 Å². The molecule has 0 saturated carbocycles. The van der Waals surface area contributed by atoms with Crippen LogP contribution in [0.25, 0.3) is 0 Å². The maximum absolute atomic E-state index is 14.0. The second kappa shape index (κ2) is 6.42. The molecule has 0 aliphatic rings. The zero-order valence-electron chi connectivity index (χ0n) is 11.4. The third kappa shape index (κ3) is 3.52. The Morgan fingerprint density at radius 2 is 1.90 bits per heavy atom. The SMILES string of the molecule is COc1cc(F)c(S(=O)(=O)NCc2cccs2)cc1OC. The fourth-order valence-electron chi connectivity index (χ4n) is 1.70. The summed E-state index contributed by atoms with van der Waals surface area (Å²) in [5.74, 6) is -0.617. The van der Waals surface area contributed by atoms with Crippen molar-refractivity contribution in [3.8, 4) is 11.5 Å². The van der Waals surface area contributed by atoms with E-state index in [1.807, 2.05) is 11.4 Å². The number of ether oxygens (including phenoxy) is 2. The third-order valence-corrected chi connectivity index (χ3v) is 5.04. The normalized spacial score (nSPS) is 11.4. The molecule has 0 saturated heterocycles. The van der Waals surface area contributed by atoms with E-state index in [1.165, 1.54) is 25.6 Å². The van der Waals surface area contributed by atoms with Crippen LogP contribution in [-0.2, 0) is 16.6 Å². The number of methoxy groups -OCH3 is 2. The molecule has 0 aliphatic carbocycles. The summed E-state index contributed by atoms with van der Waals surface area (Å²) in [5, 5.41) is 1.83. The molecule has 1 heterocycles. The Labute approximate surface area is 126 Å². The van der Waals surface area contributed by atoms with E-state index in [2.05, 4.69) is 4.72 Å². The highest BCUT2D eigenvalue weighted by molar-refractivity contribution is 7.89. The summed E-state index contributed by atoms with van der Waals surface area (Å²) in [6.07, 6.45) is 0. The number of nitrogens with one attached hydrogen (secondary N) is 1. The van der Waals surface area contributed by atoms with Gasteiger partial charge in [0.15, 0.2) is 11.5 Å². The van der Waals surface area contributed by atoms with Crippen molar-refractivity contribution in [2.45, 2.75) is 11.4 Å². The molecular formula is C13H14FNO4S2. The van der Waals surface area contributed by atoms with Gasteiger partial charge in [-0.3, -0.25) is 0 Å². The van der Waals surface area contributed by atoms with Crippen molar-refractivity contribution in [1.29, 1.82) is 0 Å². The van der Waals surface area contributed by atoms with Gasteiger partial charge in [0.05, 0.1) is 14.2 Å². The molecule has 0 atom stereocenters. The van der Waals surface area contributed by atoms with Crippen LogP contribution >= 0.6 is 11.3 Å². The summed E-state index contributed by atoms with van der Waals surface area (Å²) in [4.78, 5) is 0.358. The molecule has 114 valence electrons. The predicted molar refractivity (Wildman–Crippen MR) is 77.8 cm³/mol. The van der Waals surface area contributed by atoms with Crippen LogP contribution in [0.3, 0.4) is 0 Å². The van der Waals surface area contributed by atoms with E-state index in [-0.39, 0.29) is 18.0 Å². The lowest BCUT2D eigenvalue weighted by Gasteiger charge is -2.11. The Morgan fingerprint density at radius 1 is 1.24 bits per heavy atom. The minimum atomic E-state index is -3.98. The highest BCUT2D eigenvalue weighted by Gasteiger charge is 2.22. The number of sulfonamides is 1. The number of benzene rings is 1. The first-order valence-electron chi connectivity index (χ1n) is 5.91. The zero-order valence-corrected chi connectivity index (χ0v) is 13.1. The minimum absolute atomic E-state index is 0.105. The number of rotatable bonds is 6. The molecule has 1 aromatic heterocycles. The van der Waals surface area contributed by atoms with Crippen LogP contribution in [0.5, 0.6) is 11.5 Å². The van der Waals surface area contributed by atoms with Crippen LogP contribution in [0.4, 0.5) is 4.39 Å². The fourth-order valence-corrected chi connectivity index (χ4v) is 3.51. The van der Waals surface area contributed by atoms with Gasteiger partial charge in [0, 0.05) is 23.6 Å². The molecule has 5 nitrogen and oxygen atoms in total. The molecule has 1 N–H and O–H groups in total. The minimum Gasteiger partial charge on any atom is -0.493 e. The lowest BCUT2D eigenvalue weighted by molar-refractivity contribution is 0.350. The van der Waals surface area contributed by atoms with Crippen molar-refractivity contribution in [3.63, 3.8) is 0 Å². The van der Waals surface area contributed by atoms with Gasteiger partial charge in [-0.2, -0.15) is 0 Å². The Bertz CT molecular complexity index is 714. The zero-order chi connectivity index (χ0) is 15.5. The van der Waals surface area contributed by atoms with Gasteiger partial charge in [0.25, 0.3) is 0 Å². The van der Waals surface area contributed by atoms with Crippen LogP contribution in [0.2, 0.25) is 0 Å². The van der Waals surface area contributed by atoms with E-state index < -0.39 is 20.7 Å². The maximum Gasteiger partial charge on any atom is 0.243 e. The van der Waals surface area contributed by atoms with E-state index in [0.29, 0.717) is 0 Å². The largest absolute Gasteiger partial charge is 0.493 e. The van der Waals surface area contributed by atoms with Gasteiger partial charge in [0.2, 0.25) is 10.0 Å². The lowest BCUT2D eigenvalue weighted by Crippen LogP contribution is -2.24. The Kier molecular flexibility index (Phi) is 4.81. The number of hydrogen-bond acceptors (Lipinski definition) is 5.